The van der Waals surface area contributed by atoms with Crippen LogP contribution in [0.2, 0.25) is 0 Å². The molecule has 1 aliphatic carbocycles. The molecule has 29 heavy (non-hydrogen) atoms. The van der Waals surface area contributed by atoms with Gasteiger partial charge < -0.3 is 24.2 Å². The van der Waals surface area contributed by atoms with Crippen LogP contribution in [0.25, 0.3) is 0 Å². The quantitative estimate of drug-likeness (QED) is 0.691. The average Bonchev–Trinajstić information content (AvgIpc) is 2.68. The Kier molecular flexibility index (Phi) is 8.32. The normalized spacial score (nSPS) is 15.6. The van der Waals surface area contributed by atoms with Gasteiger partial charge in [-0.05, 0) is 56.8 Å². The van der Waals surface area contributed by atoms with Crippen molar-refractivity contribution < 1.29 is 19.1 Å². The summed E-state index contributed by atoms with van der Waals surface area (Å²) in [6, 6.07) is 4.23. The van der Waals surface area contributed by atoms with Crippen molar-refractivity contribution in [3.05, 3.63) is 23.3 Å². The van der Waals surface area contributed by atoms with Gasteiger partial charge in [0.2, 0.25) is 0 Å². The van der Waals surface area contributed by atoms with Crippen LogP contribution in [0.1, 0.15) is 44.2 Å². The third kappa shape index (κ3) is 5.85. The smallest absolute Gasteiger partial charge is 0.406 e. The molecule has 0 unspecified atom stereocenters. The Morgan fingerprint density at radius 1 is 0.966 bits per heavy atom. The van der Waals surface area contributed by atoms with E-state index < -0.39 is 12.2 Å². The average molecular weight is 406 g/mol. The van der Waals surface area contributed by atoms with Crippen LogP contribution in [-0.2, 0) is 12.8 Å². The van der Waals surface area contributed by atoms with E-state index in [0.717, 1.165) is 56.3 Å². The van der Waals surface area contributed by atoms with E-state index in [1.54, 1.807) is 34.3 Å². The SMILES string of the molecule is CCCN(CCC)[C@H]1CCc2c(ccc(OC(=O)N(C)C)c2OC(=O)N(C)C)C1. The van der Waals surface area contributed by atoms with Gasteiger partial charge in [0.1, 0.15) is 0 Å². The Morgan fingerprint density at radius 3 is 2.10 bits per heavy atom. The zero-order valence-electron chi connectivity index (χ0n) is 18.7. The lowest BCUT2D eigenvalue weighted by Gasteiger charge is -2.35. The van der Waals surface area contributed by atoms with Gasteiger partial charge in [-0.25, -0.2) is 9.59 Å². The van der Waals surface area contributed by atoms with Crippen LogP contribution >= 0.6 is 0 Å². The van der Waals surface area contributed by atoms with Crippen molar-refractivity contribution in [2.45, 2.75) is 52.0 Å². The molecule has 0 spiro atoms. The summed E-state index contributed by atoms with van der Waals surface area (Å²) in [7, 11) is 6.50. The molecule has 7 nitrogen and oxygen atoms in total. The van der Waals surface area contributed by atoms with E-state index in [0.29, 0.717) is 11.8 Å². The maximum atomic E-state index is 12.3. The van der Waals surface area contributed by atoms with Gasteiger partial charge in [-0.15, -0.1) is 0 Å². The third-order valence-electron chi connectivity index (χ3n) is 5.16. The zero-order valence-corrected chi connectivity index (χ0v) is 18.7. The van der Waals surface area contributed by atoms with E-state index in [2.05, 4.69) is 18.7 Å². The fourth-order valence-electron chi connectivity index (χ4n) is 3.70. The number of nitrogens with zero attached hydrogens (tertiary/aromatic N) is 3. The van der Waals surface area contributed by atoms with Crippen LogP contribution in [0.5, 0.6) is 11.5 Å². The maximum absolute atomic E-state index is 12.3. The maximum Gasteiger partial charge on any atom is 0.414 e. The van der Waals surface area contributed by atoms with E-state index in [9.17, 15) is 9.59 Å². The number of carbonyl (C=O) groups excluding carboxylic acids is 2. The van der Waals surface area contributed by atoms with E-state index in [-0.39, 0.29) is 5.75 Å². The third-order valence-corrected chi connectivity index (χ3v) is 5.16. The predicted molar refractivity (Wildman–Crippen MR) is 114 cm³/mol. The summed E-state index contributed by atoms with van der Waals surface area (Å²) in [5, 5.41) is 0. The lowest BCUT2D eigenvalue weighted by molar-refractivity contribution is 0.159. The van der Waals surface area contributed by atoms with Gasteiger partial charge >= 0.3 is 12.2 Å². The van der Waals surface area contributed by atoms with Gasteiger partial charge in [-0.1, -0.05) is 19.9 Å². The second kappa shape index (κ2) is 10.5. The van der Waals surface area contributed by atoms with Crippen LogP contribution in [0.15, 0.2) is 12.1 Å². The monoisotopic (exact) mass is 405 g/mol. The topological polar surface area (TPSA) is 62.3 Å². The minimum absolute atomic E-state index is 0.287. The molecule has 162 valence electrons. The van der Waals surface area contributed by atoms with Crippen molar-refractivity contribution in [3.8, 4) is 11.5 Å². The highest BCUT2D eigenvalue weighted by atomic mass is 16.6. The number of amides is 2. The van der Waals surface area contributed by atoms with Crippen LogP contribution in [0.3, 0.4) is 0 Å². The molecule has 1 aliphatic rings. The Hall–Kier alpha value is -2.28. The highest BCUT2D eigenvalue weighted by molar-refractivity contribution is 5.75. The number of hydrogen-bond donors (Lipinski definition) is 0. The van der Waals surface area contributed by atoms with E-state index in [1.807, 2.05) is 6.07 Å². The van der Waals surface area contributed by atoms with Gasteiger partial charge in [0.15, 0.2) is 11.5 Å². The molecule has 1 aromatic rings. The van der Waals surface area contributed by atoms with Crippen LogP contribution in [0, 0.1) is 0 Å². The number of ether oxygens (including phenoxy) is 2. The Bertz CT molecular complexity index is 712. The summed E-state index contributed by atoms with van der Waals surface area (Å²) >= 11 is 0. The molecule has 0 heterocycles. The molecule has 0 aromatic heterocycles. The molecule has 2 rings (SSSR count). The molecule has 1 aromatic carbocycles. The first-order valence-electron chi connectivity index (χ1n) is 10.4. The summed E-state index contributed by atoms with van der Waals surface area (Å²) in [4.78, 5) is 29.6. The lowest BCUT2D eigenvalue weighted by atomic mass is 9.86. The summed E-state index contributed by atoms with van der Waals surface area (Å²) < 4.78 is 11.1. The largest absolute Gasteiger partial charge is 0.414 e. The minimum Gasteiger partial charge on any atom is -0.406 e. The molecule has 7 heteroatoms. The fraction of sp³-hybridized carbons (Fsp3) is 0.636. The summed E-state index contributed by atoms with van der Waals surface area (Å²) in [5.41, 5.74) is 2.12. The molecular weight excluding hydrogens is 370 g/mol. The molecule has 0 aliphatic heterocycles. The fourth-order valence-corrected chi connectivity index (χ4v) is 3.70. The van der Waals surface area contributed by atoms with Crippen molar-refractivity contribution in [1.82, 2.24) is 14.7 Å². The summed E-state index contributed by atoms with van der Waals surface area (Å²) in [5.74, 6) is 0.655. The van der Waals surface area contributed by atoms with Crippen molar-refractivity contribution in [3.63, 3.8) is 0 Å². The summed E-state index contributed by atoms with van der Waals surface area (Å²) in [6.45, 7) is 6.61. The number of hydrogen-bond acceptors (Lipinski definition) is 5. The van der Waals surface area contributed by atoms with Gasteiger partial charge in [0.25, 0.3) is 0 Å². The molecule has 0 bridgehead atoms. The molecule has 0 radical (unpaired) electrons. The number of rotatable bonds is 7. The van der Waals surface area contributed by atoms with Gasteiger partial charge in [0.05, 0.1) is 0 Å². The molecule has 0 saturated heterocycles. The minimum atomic E-state index is -0.502. The highest BCUT2D eigenvalue weighted by Crippen LogP contribution is 2.39. The first kappa shape index (κ1) is 23.0. The number of fused-ring (bicyclic) bond motifs is 1. The molecule has 0 fully saturated rings. The molecule has 0 N–H and O–H groups in total. The lowest BCUT2D eigenvalue weighted by Crippen LogP contribution is -2.40. The van der Waals surface area contributed by atoms with Crippen molar-refractivity contribution in [1.29, 1.82) is 0 Å². The Morgan fingerprint density at radius 2 is 1.55 bits per heavy atom. The Labute approximate surface area is 174 Å². The number of carbonyl (C=O) groups is 2. The van der Waals surface area contributed by atoms with Crippen molar-refractivity contribution in [2.75, 3.05) is 41.3 Å². The van der Waals surface area contributed by atoms with Crippen LogP contribution in [0.4, 0.5) is 9.59 Å². The van der Waals surface area contributed by atoms with E-state index in [4.69, 9.17) is 9.47 Å². The summed E-state index contributed by atoms with van der Waals surface area (Å²) in [6.07, 6.45) is 3.96. The molecule has 2 amide bonds. The molecule has 0 saturated carbocycles. The van der Waals surface area contributed by atoms with Gasteiger partial charge in [-0.2, -0.15) is 0 Å². The molecule has 1 atom stereocenters. The van der Waals surface area contributed by atoms with Crippen LogP contribution in [-0.4, -0.2) is 74.2 Å². The standard InChI is InChI=1S/C22H35N3O4/c1-7-13-25(14-8-2)17-10-11-18-16(15-17)9-12-19(28-21(26)23(3)4)20(18)29-22(27)24(5)6/h9,12,17H,7-8,10-11,13-15H2,1-6H3/t17-/m0/s1. The van der Waals surface area contributed by atoms with Crippen molar-refractivity contribution >= 4 is 12.2 Å². The number of benzene rings is 1. The second-order valence-electron chi connectivity index (χ2n) is 7.99. The van der Waals surface area contributed by atoms with Gasteiger partial charge in [-0.3, -0.25) is 0 Å². The van der Waals surface area contributed by atoms with Crippen LogP contribution < -0.4 is 9.47 Å². The predicted octanol–water partition coefficient (Wildman–Crippen LogP) is 3.79. The molecular formula is C22H35N3O4. The first-order valence-corrected chi connectivity index (χ1v) is 10.4. The second-order valence-corrected chi connectivity index (χ2v) is 7.99. The van der Waals surface area contributed by atoms with E-state index in [1.165, 1.54) is 9.80 Å². The highest BCUT2D eigenvalue weighted by Gasteiger charge is 2.29. The first-order chi connectivity index (χ1) is 13.8. The van der Waals surface area contributed by atoms with E-state index >= 15 is 0 Å². The van der Waals surface area contributed by atoms with Crippen molar-refractivity contribution in [2.24, 2.45) is 0 Å². The Balaban J connectivity index is 2.35. The zero-order chi connectivity index (χ0) is 21.6. The van der Waals surface area contributed by atoms with Gasteiger partial charge in [0, 0.05) is 39.8 Å².